The first kappa shape index (κ1) is 34.0. The van der Waals surface area contributed by atoms with Gasteiger partial charge in [0.25, 0.3) is 0 Å². The Kier molecular flexibility index (Phi) is 15.2. The third kappa shape index (κ3) is 9.44. The Hall–Kier alpha value is -3.16. The van der Waals surface area contributed by atoms with Crippen molar-refractivity contribution in [3.8, 4) is 0 Å². The van der Waals surface area contributed by atoms with Gasteiger partial charge in [0.15, 0.2) is 0 Å². The summed E-state index contributed by atoms with van der Waals surface area (Å²) in [5.41, 5.74) is 0. The molecule has 0 aromatic heterocycles. The van der Waals surface area contributed by atoms with Crippen LogP contribution in [0.1, 0.15) is 0 Å². The van der Waals surface area contributed by atoms with Crippen molar-refractivity contribution < 1.29 is 20.4 Å². The molecule has 0 aliphatic carbocycles. The molecule has 208 valence electrons. The number of hydrogen-bond donors (Lipinski definition) is 0. The molecule has 0 nitrogen and oxygen atoms in total. The van der Waals surface area contributed by atoms with Crippen molar-refractivity contribution in [1.82, 2.24) is 0 Å². The predicted octanol–water partition coefficient (Wildman–Crippen LogP) is 7.25. The van der Waals surface area contributed by atoms with Gasteiger partial charge in [-0.1, -0.05) is 109 Å². The molecule has 0 saturated heterocycles. The van der Waals surface area contributed by atoms with Crippen LogP contribution in [0.3, 0.4) is 0 Å². The molecule has 0 spiro atoms. The van der Waals surface area contributed by atoms with Crippen LogP contribution in [0.2, 0.25) is 0 Å². The molecular weight excluding hydrogens is 625 g/mol. The zero-order valence-electron chi connectivity index (χ0n) is 23.6. The summed E-state index contributed by atoms with van der Waals surface area (Å²) in [6.07, 6.45) is 0. The Labute approximate surface area is 263 Å². The van der Waals surface area contributed by atoms with Gasteiger partial charge in [0, 0.05) is 0 Å². The van der Waals surface area contributed by atoms with E-state index in [-0.39, 0.29) is 35.3 Å². The van der Waals surface area contributed by atoms with E-state index in [1.165, 1.54) is 31.8 Å². The van der Waals surface area contributed by atoms with Crippen molar-refractivity contribution in [2.24, 2.45) is 0 Å². The van der Waals surface area contributed by atoms with Crippen molar-refractivity contribution in [1.29, 1.82) is 0 Å². The van der Waals surface area contributed by atoms with Crippen LogP contribution in [0.4, 0.5) is 0 Å². The van der Waals surface area contributed by atoms with Gasteiger partial charge in [-0.3, -0.25) is 0 Å². The summed E-state index contributed by atoms with van der Waals surface area (Å²) in [5.74, 6) is 0. The molecule has 0 heterocycles. The van der Waals surface area contributed by atoms with Crippen molar-refractivity contribution in [2.75, 3.05) is 0 Å². The number of benzene rings is 6. The summed E-state index contributed by atoms with van der Waals surface area (Å²) in [7, 11) is -1.75. The summed E-state index contributed by atoms with van der Waals surface area (Å²) in [5, 5.41) is 8.61. The summed E-state index contributed by atoms with van der Waals surface area (Å²) in [6, 6.07) is 65.0. The van der Waals surface area contributed by atoms with E-state index in [0.717, 1.165) is 0 Å². The topological polar surface area (TPSA) is 0 Å². The normalized spacial score (nSPS) is 9.80. The van der Waals surface area contributed by atoms with E-state index in [9.17, 15) is 0 Å². The molecule has 0 atom stereocenters. The monoisotopic (exact) mass is 662 g/mol. The summed E-state index contributed by atoms with van der Waals surface area (Å²) in [6.45, 7) is 0. The molecule has 0 saturated carbocycles. The molecule has 0 radical (unpaired) electrons. The smallest absolute Gasteiger partial charge is 0.358 e. The van der Waals surface area contributed by atoms with Gasteiger partial charge < -0.3 is 14.9 Å². The summed E-state index contributed by atoms with van der Waals surface area (Å²) in [4.78, 5) is 0. The molecule has 0 fully saturated rings. The second-order valence-corrected chi connectivity index (χ2v) is 13.9. The van der Waals surface area contributed by atoms with Gasteiger partial charge in [0.1, 0.15) is 31.8 Å². The van der Waals surface area contributed by atoms with Crippen LogP contribution >= 0.6 is 15.8 Å². The van der Waals surface area contributed by atoms with Gasteiger partial charge >= 0.3 is 20.4 Å². The maximum atomic E-state index is 2.24. The molecule has 3 heteroatoms. The SMILES string of the molecule is [CH3-].[CH3-].[Pd+2].c1ccc([PH+](c2ccccc2)c2ccccc2)cc1.c1ccc([PH+](c2ccccc2)c2ccccc2)cc1. The van der Waals surface area contributed by atoms with E-state index >= 15 is 0 Å². The average Bonchev–Trinajstić information content (AvgIpc) is 3.01. The molecule has 6 rings (SSSR count). The zero-order chi connectivity index (χ0) is 25.8. The minimum Gasteiger partial charge on any atom is -0.358 e. The van der Waals surface area contributed by atoms with E-state index in [1.54, 1.807) is 0 Å². The Morgan fingerprint density at radius 2 is 0.341 bits per heavy atom. The standard InChI is InChI=1S/2C18H15P.2CH3.Pd/c2*1-4-10-16(11-5-1)19(17-12-6-2-7-13-17)18-14-8-3-9-15-18;;;/h2*1-15H;2*1H3;/q;;2*-1;+2/p+2. The Morgan fingerprint density at radius 3 is 0.463 bits per heavy atom. The third-order valence-corrected chi connectivity index (χ3v) is 11.8. The van der Waals surface area contributed by atoms with Gasteiger partial charge in [-0.05, 0) is 72.8 Å². The predicted molar refractivity (Wildman–Crippen MR) is 186 cm³/mol. The fourth-order valence-corrected chi connectivity index (χ4v) is 9.78. The number of rotatable bonds is 6. The molecule has 0 amide bonds. The van der Waals surface area contributed by atoms with Gasteiger partial charge in [-0.2, -0.15) is 0 Å². The first-order valence-corrected chi connectivity index (χ1v) is 16.0. The van der Waals surface area contributed by atoms with Crippen LogP contribution < -0.4 is 31.8 Å². The van der Waals surface area contributed by atoms with Crippen molar-refractivity contribution in [3.63, 3.8) is 0 Å². The molecule has 0 unspecified atom stereocenters. The molecule has 6 aromatic carbocycles. The van der Waals surface area contributed by atoms with Gasteiger partial charge in [0.2, 0.25) is 0 Å². The van der Waals surface area contributed by atoms with Crippen LogP contribution in [0.5, 0.6) is 0 Å². The van der Waals surface area contributed by atoms with Crippen LogP contribution in [-0.2, 0) is 20.4 Å². The fraction of sp³-hybridized carbons (Fsp3) is 0. The summed E-state index contributed by atoms with van der Waals surface area (Å²) >= 11 is 0. The van der Waals surface area contributed by atoms with E-state index in [2.05, 4.69) is 182 Å². The van der Waals surface area contributed by atoms with E-state index in [4.69, 9.17) is 0 Å². The van der Waals surface area contributed by atoms with Crippen LogP contribution in [0.15, 0.2) is 182 Å². The van der Waals surface area contributed by atoms with Crippen molar-refractivity contribution in [2.45, 2.75) is 0 Å². The van der Waals surface area contributed by atoms with E-state index < -0.39 is 15.8 Å². The summed E-state index contributed by atoms with van der Waals surface area (Å²) < 4.78 is 0. The first-order valence-electron chi connectivity index (χ1n) is 13.0. The minimum atomic E-state index is -0.877. The van der Waals surface area contributed by atoms with Crippen LogP contribution in [-0.4, -0.2) is 0 Å². The second kappa shape index (κ2) is 18.3. The molecule has 0 aliphatic heterocycles. The molecule has 0 N–H and O–H groups in total. The molecular formula is C38H38P2Pd+2. The molecule has 0 bridgehead atoms. The van der Waals surface area contributed by atoms with Crippen molar-refractivity contribution >= 4 is 47.7 Å². The molecule has 41 heavy (non-hydrogen) atoms. The Bertz CT molecular complexity index is 1170. The van der Waals surface area contributed by atoms with Gasteiger partial charge in [0.05, 0.1) is 15.8 Å². The zero-order valence-corrected chi connectivity index (χ0v) is 27.2. The van der Waals surface area contributed by atoms with Gasteiger partial charge in [-0.15, -0.1) is 0 Å². The van der Waals surface area contributed by atoms with Crippen LogP contribution in [0, 0.1) is 14.9 Å². The maximum Gasteiger partial charge on any atom is 2.00 e. The molecule has 6 aromatic rings. The van der Waals surface area contributed by atoms with E-state index in [1.807, 2.05) is 0 Å². The largest absolute Gasteiger partial charge is 2.00 e. The van der Waals surface area contributed by atoms with Crippen LogP contribution in [0.25, 0.3) is 0 Å². The van der Waals surface area contributed by atoms with Crippen molar-refractivity contribution in [3.05, 3.63) is 197 Å². The third-order valence-electron chi connectivity index (χ3n) is 6.37. The maximum absolute atomic E-state index is 2.24. The Morgan fingerprint density at radius 1 is 0.220 bits per heavy atom. The Balaban J connectivity index is 0.000000267. The quantitative estimate of drug-likeness (QED) is 0.100. The second-order valence-electron chi connectivity index (χ2n) is 8.95. The van der Waals surface area contributed by atoms with E-state index in [0.29, 0.717) is 0 Å². The van der Waals surface area contributed by atoms with Gasteiger partial charge in [-0.25, -0.2) is 0 Å². The number of hydrogen-bond acceptors (Lipinski definition) is 0. The first-order chi connectivity index (χ1) is 18.9. The average molecular weight is 663 g/mol. The minimum absolute atomic E-state index is 0. The fourth-order valence-electron chi connectivity index (χ4n) is 4.63. The molecule has 0 aliphatic rings.